The monoisotopic (exact) mass is 291 g/mol. The normalized spacial score (nSPS) is 12.3. The van der Waals surface area contributed by atoms with Crippen LogP contribution in [0, 0.1) is 0 Å². The Hall–Kier alpha value is -2.91. The van der Waals surface area contributed by atoms with E-state index in [1.807, 2.05) is 54.6 Å². The van der Waals surface area contributed by atoms with E-state index in [4.69, 9.17) is 5.21 Å². The zero-order chi connectivity index (χ0) is 15.6. The average molecular weight is 291 g/mol. The fourth-order valence-electron chi connectivity index (χ4n) is 2.21. The molecule has 110 valence electrons. The quantitative estimate of drug-likeness (QED) is 0.363. The Morgan fingerprint density at radius 2 is 1.45 bits per heavy atom. The third-order valence-corrected chi connectivity index (χ3v) is 3.17. The van der Waals surface area contributed by atoms with Crippen molar-refractivity contribution in [3.8, 4) is 0 Å². The van der Waals surface area contributed by atoms with Gasteiger partial charge in [-0.05, 0) is 42.5 Å². The minimum atomic E-state index is 1.000. The maximum atomic E-state index is 8.43. The third kappa shape index (κ3) is 4.04. The Bertz CT molecular complexity index is 634. The molecule has 0 aliphatic rings. The summed E-state index contributed by atoms with van der Waals surface area (Å²) in [7, 11) is 0. The van der Waals surface area contributed by atoms with Crippen molar-refractivity contribution in [2.75, 3.05) is 0 Å². The van der Waals surface area contributed by atoms with Gasteiger partial charge in [0.15, 0.2) is 0 Å². The van der Waals surface area contributed by atoms with E-state index in [0.717, 1.165) is 22.0 Å². The number of hydrogen-bond donors (Lipinski definition) is 2. The van der Waals surface area contributed by atoms with Crippen molar-refractivity contribution in [2.45, 2.75) is 0 Å². The van der Waals surface area contributed by atoms with Gasteiger partial charge in [-0.1, -0.05) is 54.2 Å². The molecule has 0 bridgehead atoms. The van der Waals surface area contributed by atoms with Gasteiger partial charge < -0.3 is 5.21 Å². The highest BCUT2D eigenvalue weighted by molar-refractivity contribution is 5.70. The summed E-state index contributed by atoms with van der Waals surface area (Å²) in [4.78, 5) is 1.11. The standard InChI is InChI=1S/C19H18N2O/c1-2-17(11-9-10-16-20-22)21(18-12-5-3-6-13-18)19-14-7-4-8-15-19/h2-16,22H,1H2/p+1. The molecule has 0 unspecified atom stereocenters. The Kier molecular flexibility index (Phi) is 5.91. The number of nitrogens with zero attached hydrogens (tertiary/aromatic N) is 1. The lowest BCUT2D eigenvalue weighted by molar-refractivity contribution is -0.710. The third-order valence-electron chi connectivity index (χ3n) is 3.17. The predicted molar refractivity (Wildman–Crippen MR) is 90.9 cm³/mol. The number of oxime groups is 1. The molecule has 0 atom stereocenters. The smallest absolute Gasteiger partial charge is 0.141 e. The highest BCUT2D eigenvalue weighted by atomic mass is 16.4. The summed E-state index contributed by atoms with van der Waals surface area (Å²) in [6, 6.07) is 20.4. The van der Waals surface area contributed by atoms with E-state index in [1.54, 1.807) is 6.08 Å². The van der Waals surface area contributed by atoms with Crippen LogP contribution in [0.4, 0.5) is 11.4 Å². The number of allylic oxidation sites excluding steroid dienone is 4. The number of hydrogen-bond acceptors (Lipinski definition) is 2. The number of rotatable bonds is 6. The van der Waals surface area contributed by atoms with Gasteiger partial charge in [0.25, 0.3) is 0 Å². The summed E-state index contributed by atoms with van der Waals surface area (Å²) in [6.07, 6.45) is 8.58. The topological polar surface area (TPSA) is 37.0 Å². The molecule has 0 heterocycles. The van der Waals surface area contributed by atoms with Crippen molar-refractivity contribution in [1.82, 2.24) is 0 Å². The van der Waals surface area contributed by atoms with E-state index in [-0.39, 0.29) is 0 Å². The molecule has 0 fully saturated rings. The molecule has 0 aliphatic carbocycles. The molecule has 0 spiro atoms. The fraction of sp³-hybridized carbons (Fsp3) is 0. The van der Waals surface area contributed by atoms with Crippen molar-refractivity contribution in [1.29, 1.82) is 0 Å². The van der Waals surface area contributed by atoms with E-state index in [0.29, 0.717) is 0 Å². The van der Waals surface area contributed by atoms with Gasteiger partial charge in [-0.2, -0.15) is 0 Å². The van der Waals surface area contributed by atoms with Crippen LogP contribution in [0.25, 0.3) is 0 Å². The zero-order valence-corrected chi connectivity index (χ0v) is 12.3. The highest BCUT2D eigenvalue weighted by Gasteiger charge is 2.18. The van der Waals surface area contributed by atoms with Crippen LogP contribution in [0.5, 0.6) is 0 Å². The molecule has 2 N–H and O–H groups in total. The van der Waals surface area contributed by atoms with E-state index in [2.05, 4.69) is 36.0 Å². The van der Waals surface area contributed by atoms with Crippen molar-refractivity contribution < 1.29 is 10.1 Å². The number of quaternary nitrogens is 1. The minimum Gasteiger partial charge on any atom is -0.411 e. The van der Waals surface area contributed by atoms with Gasteiger partial charge in [-0.15, -0.1) is 0 Å². The van der Waals surface area contributed by atoms with Crippen LogP contribution < -0.4 is 4.90 Å². The first-order valence-corrected chi connectivity index (χ1v) is 7.02. The summed E-state index contributed by atoms with van der Waals surface area (Å²) in [5.41, 5.74) is 3.26. The Labute approximate surface area is 130 Å². The van der Waals surface area contributed by atoms with Gasteiger partial charge in [0.2, 0.25) is 0 Å². The van der Waals surface area contributed by atoms with Crippen molar-refractivity contribution >= 4 is 17.6 Å². The molecule has 0 saturated carbocycles. The van der Waals surface area contributed by atoms with Crippen LogP contribution in [0.2, 0.25) is 0 Å². The molecule has 3 nitrogen and oxygen atoms in total. The Morgan fingerprint density at radius 3 is 1.91 bits per heavy atom. The summed E-state index contributed by atoms with van der Waals surface area (Å²) in [5.74, 6) is 0. The molecule has 3 heteroatoms. The molecule has 0 radical (unpaired) electrons. The summed E-state index contributed by atoms with van der Waals surface area (Å²) in [5, 5.41) is 11.4. The fourth-order valence-corrected chi connectivity index (χ4v) is 2.21. The maximum absolute atomic E-state index is 8.43. The first-order chi connectivity index (χ1) is 10.9. The van der Waals surface area contributed by atoms with Gasteiger partial charge in [0, 0.05) is 0 Å². The second-order valence-corrected chi connectivity index (χ2v) is 4.58. The number of benzene rings is 2. The van der Waals surface area contributed by atoms with Gasteiger partial charge >= 0.3 is 0 Å². The largest absolute Gasteiger partial charge is 0.411 e. The number of para-hydroxylation sites is 2. The maximum Gasteiger partial charge on any atom is 0.141 e. The Morgan fingerprint density at radius 1 is 0.909 bits per heavy atom. The summed E-state index contributed by atoms with van der Waals surface area (Å²) >= 11 is 0. The molecule has 0 aliphatic heterocycles. The highest BCUT2D eigenvalue weighted by Crippen LogP contribution is 2.10. The molecular weight excluding hydrogens is 272 g/mol. The first kappa shape index (κ1) is 15.5. The van der Waals surface area contributed by atoms with Crippen LogP contribution in [0.3, 0.4) is 0 Å². The average Bonchev–Trinajstić information content (AvgIpc) is 2.59. The zero-order valence-electron chi connectivity index (χ0n) is 12.3. The van der Waals surface area contributed by atoms with E-state index in [1.165, 1.54) is 6.21 Å². The van der Waals surface area contributed by atoms with Gasteiger partial charge in [-0.25, -0.2) is 4.90 Å². The van der Waals surface area contributed by atoms with Crippen LogP contribution in [-0.4, -0.2) is 11.4 Å². The van der Waals surface area contributed by atoms with E-state index in [9.17, 15) is 0 Å². The predicted octanol–water partition coefficient (Wildman–Crippen LogP) is 3.62. The van der Waals surface area contributed by atoms with Crippen molar-refractivity contribution in [3.63, 3.8) is 0 Å². The second-order valence-electron chi connectivity index (χ2n) is 4.58. The lowest BCUT2D eigenvalue weighted by Crippen LogP contribution is -2.99. The summed E-state index contributed by atoms with van der Waals surface area (Å²) < 4.78 is 0. The van der Waals surface area contributed by atoms with Crippen LogP contribution in [0.1, 0.15) is 0 Å². The molecule has 2 aromatic rings. The Balaban J connectivity index is 2.46. The molecule has 2 rings (SSSR count). The number of nitrogens with one attached hydrogen (secondary N) is 1. The minimum absolute atomic E-state index is 1.000. The van der Waals surface area contributed by atoms with E-state index >= 15 is 0 Å². The molecule has 0 aromatic heterocycles. The van der Waals surface area contributed by atoms with Crippen molar-refractivity contribution in [2.24, 2.45) is 5.16 Å². The van der Waals surface area contributed by atoms with Gasteiger partial charge in [-0.3, -0.25) is 0 Å². The van der Waals surface area contributed by atoms with Crippen LogP contribution in [0.15, 0.2) is 102 Å². The lowest BCUT2D eigenvalue weighted by atomic mass is 10.2. The molecule has 2 aromatic carbocycles. The molecule has 0 saturated heterocycles. The second kappa shape index (κ2) is 8.39. The SMILES string of the molecule is C=CC(=CC=CC=NO)[NH+](c1ccccc1)c1ccccc1. The van der Waals surface area contributed by atoms with Gasteiger partial charge in [0.1, 0.15) is 17.1 Å². The first-order valence-electron chi connectivity index (χ1n) is 7.02. The van der Waals surface area contributed by atoms with E-state index < -0.39 is 0 Å². The molecule has 0 amide bonds. The molecular formula is C19H19N2O+. The van der Waals surface area contributed by atoms with Crippen LogP contribution >= 0.6 is 0 Å². The van der Waals surface area contributed by atoms with Crippen molar-refractivity contribution in [3.05, 3.63) is 97.2 Å². The lowest BCUT2D eigenvalue weighted by Gasteiger charge is -2.18. The summed E-state index contributed by atoms with van der Waals surface area (Å²) in [6.45, 7) is 3.93. The molecule has 22 heavy (non-hydrogen) atoms. The van der Waals surface area contributed by atoms with Gasteiger partial charge in [0.05, 0.1) is 6.21 Å². The van der Waals surface area contributed by atoms with Crippen LogP contribution in [-0.2, 0) is 0 Å².